The molecule has 8 nitrogen and oxygen atoms in total. The van der Waals surface area contributed by atoms with E-state index < -0.39 is 35.2 Å². The van der Waals surface area contributed by atoms with E-state index in [-0.39, 0.29) is 24.5 Å². The van der Waals surface area contributed by atoms with Crippen LogP contribution in [0.2, 0.25) is 0 Å². The Labute approximate surface area is 191 Å². The first-order valence-corrected chi connectivity index (χ1v) is 10.3. The number of rotatable bonds is 8. The Morgan fingerprint density at radius 3 is 2.41 bits per heavy atom. The second-order valence-corrected chi connectivity index (χ2v) is 7.56. The van der Waals surface area contributed by atoms with Gasteiger partial charge in [0.15, 0.2) is 11.6 Å². The molecule has 3 aromatic carbocycles. The van der Waals surface area contributed by atoms with Crippen LogP contribution in [-0.4, -0.2) is 31.2 Å². The molecule has 0 fully saturated rings. The molecule has 2 N–H and O–H groups in total. The fourth-order valence-electron chi connectivity index (χ4n) is 3.49. The van der Waals surface area contributed by atoms with Crippen LogP contribution in [0.1, 0.15) is 18.1 Å². The highest BCUT2D eigenvalue weighted by molar-refractivity contribution is 5.76. The van der Waals surface area contributed by atoms with E-state index in [0.717, 1.165) is 16.8 Å². The third kappa shape index (κ3) is 4.91. The maximum absolute atomic E-state index is 13.3. The van der Waals surface area contributed by atoms with E-state index in [2.05, 4.69) is 10.3 Å². The van der Waals surface area contributed by atoms with Crippen molar-refractivity contribution in [3.63, 3.8) is 0 Å². The minimum absolute atomic E-state index is 0.0536. The minimum Gasteiger partial charge on any atom is -0.481 e. The van der Waals surface area contributed by atoms with Crippen molar-refractivity contribution in [3.05, 3.63) is 94.3 Å². The predicted molar refractivity (Wildman–Crippen MR) is 117 cm³/mol. The molecule has 0 amide bonds. The van der Waals surface area contributed by atoms with Gasteiger partial charge in [0.25, 0.3) is 5.56 Å². The van der Waals surface area contributed by atoms with Crippen LogP contribution in [0.3, 0.4) is 0 Å². The van der Waals surface area contributed by atoms with Gasteiger partial charge < -0.3 is 14.9 Å². The van der Waals surface area contributed by atoms with E-state index in [4.69, 9.17) is 4.74 Å². The summed E-state index contributed by atoms with van der Waals surface area (Å²) in [6.07, 6.45) is -1.45. The van der Waals surface area contributed by atoms with Crippen LogP contribution in [-0.2, 0) is 11.3 Å². The number of fused-ring (bicyclic) bond motifs is 1. The first kappa shape index (κ1) is 23.0. The molecule has 0 aliphatic carbocycles. The smallest absolute Gasteiger partial charge is 0.309 e. The third-order valence-corrected chi connectivity index (χ3v) is 5.33. The molecule has 0 aliphatic heterocycles. The average molecular weight is 467 g/mol. The number of carbonyl (C=O) groups is 1. The Morgan fingerprint density at radius 1 is 1.00 bits per heavy atom. The van der Waals surface area contributed by atoms with Gasteiger partial charge in [-0.25, -0.2) is 13.5 Å². The summed E-state index contributed by atoms with van der Waals surface area (Å²) in [5.41, 5.74) is 0.342. The van der Waals surface area contributed by atoms with Crippen molar-refractivity contribution < 1.29 is 28.5 Å². The number of carboxylic acids is 1. The molecule has 0 saturated carbocycles. The highest BCUT2D eigenvalue weighted by Gasteiger charge is 2.28. The fraction of sp³-hybridized carbons (Fsp3) is 0.167. The van der Waals surface area contributed by atoms with Gasteiger partial charge >= 0.3 is 5.97 Å². The highest BCUT2D eigenvalue weighted by Crippen LogP contribution is 2.29. The van der Waals surface area contributed by atoms with Gasteiger partial charge in [0, 0.05) is 12.6 Å². The zero-order valence-corrected chi connectivity index (χ0v) is 17.6. The molecule has 2 atom stereocenters. The lowest BCUT2D eigenvalue weighted by molar-refractivity contribution is -0.146. The molecule has 0 saturated heterocycles. The molecule has 4 rings (SSSR count). The number of aliphatic hydroxyl groups excluding tert-OH is 1. The number of hydrogen-bond acceptors (Lipinski definition) is 6. The highest BCUT2D eigenvalue weighted by atomic mass is 19.2. The van der Waals surface area contributed by atoms with Crippen LogP contribution in [0.4, 0.5) is 8.78 Å². The monoisotopic (exact) mass is 467 g/mol. The first-order chi connectivity index (χ1) is 16.3. The zero-order chi connectivity index (χ0) is 24.2. The lowest BCUT2D eigenvalue weighted by Crippen LogP contribution is -2.29. The van der Waals surface area contributed by atoms with Crippen molar-refractivity contribution in [2.24, 2.45) is 5.92 Å². The van der Waals surface area contributed by atoms with E-state index in [1.165, 1.54) is 30.3 Å². The molecular formula is C24H19F2N3O5. The van der Waals surface area contributed by atoms with Crippen LogP contribution in [0.5, 0.6) is 11.5 Å². The van der Waals surface area contributed by atoms with Gasteiger partial charge in [-0.3, -0.25) is 9.59 Å². The molecule has 1 heterocycles. The molecule has 0 spiro atoms. The number of aliphatic hydroxyl groups is 1. The van der Waals surface area contributed by atoms with Crippen molar-refractivity contribution in [2.75, 3.05) is 0 Å². The normalized spacial score (nSPS) is 12.9. The Kier molecular flexibility index (Phi) is 6.60. The van der Waals surface area contributed by atoms with Gasteiger partial charge in [-0.1, -0.05) is 29.5 Å². The van der Waals surface area contributed by atoms with Crippen molar-refractivity contribution in [3.8, 4) is 11.5 Å². The molecule has 0 bridgehead atoms. The van der Waals surface area contributed by atoms with Gasteiger partial charge in [-0.2, -0.15) is 0 Å². The Bertz CT molecular complexity index is 1390. The topological polar surface area (TPSA) is 115 Å². The fourth-order valence-corrected chi connectivity index (χ4v) is 3.49. The number of aliphatic carboxylic acids is 1. The van der Waals surface area contributed by atoms with Crippen LogP contribution in [0.15, 0.2) is 71.5 Å². The number of benzene rings is 3. The zero-order valence-electron chi connectivity index (χ0n) is 17.6. The molecule has 0 aliphatic rings. The van der Waals surface area contributed by atoms with Gasteiger partial charge in [-0.05, 0) is 48.4 Å². The third-order valence-electron chi connectivity index (χ3n) is 5.33. The lowest BCUT2D eigenvalue weighted by Gasteiger charge is -2.20. The number of aryl methyl sites for hydroxylation is 1. The first-order valence-electron chi connectivity index (χ1n) is 10.3. The van der Waals surface area contributed by atoms with E-state index in [9.17, 15) is 28.6 Å². The van der Waals surface area contributed by atoms with Gasteiger partial charge in [0.1, 0.15) is 17.0 Å². The van der Waals surface area contributed by atoms with Crippen LogP contribution in [0, 0.1) is 17.6 Å². The van der Waals surface area contributed by atoms with Gasteiger partial charge in [-0.15, -0.1) is 5.10 Å². The number of carboxylic acid groups (broad SMARTS) is 1. The summed E-state index contributed by atoms with van der Waals surface area (Å²) in [4.78, 5) is 24.4. The largest absolute Gasteiger partial charge is 0.481 e. The SMILES string of the molecule is O=C(O)[C@@H](CCn1nnc2ccccc2c1=O)[C@H](O)c1ccc(Oc2ccc(F)c(F)c2)cc1. The van der Waals surface area contributed by atoms with Crippen LogP contribution < -0.4 is 10.3 Å². The minimum atomic E-state index is -1.38. The number of aromatic nitrogens is 3. The van der Waals surface area contributed by atoms with Crippen molar-refractivity contribution in [2.45, 2.75) is 19.1 Å². The van der Waals surface area contributed by atoms with E-state index in [1.807, 2.05) is 0 Å². The van der Waals surface area contributed by atoms with E-state index in [0.29, 0.717) is 16.5 Å². The molecule has 0 radical (unpaired) electrons. The maximum atomic E-state index is 13.3. The van der Waals surface area contributed by atoms with Crippen molar-refractivity contribution >= 4 is 16.9 Å². The summed E-state index contributed by atoms with van der Waals surface area (Å²) in [6.45, 7) is -0.0536. The maximum Gasteiger partial charge on any atom is 0.309 e. The molecule has 4 aromatic rings. The molecule has 174 valence electrons. The number of halogens is 2. The Hall–Kier alpha value is -4.18. The molecular weight excluding hydrogens is 448 g/mol. The molecule has 0 unspecified atom stereocenters. The summed E-state index contributed by atoms with van der Waals surface area (Å²) in [6, 6.07) is 15.7. The quantitative estimate of drug-likeness (QED) is 0.406. The summed E-state index contributed by atoms with van der Waals surface area (Å²) >= 11 is 0. The summed E-state index contributed by atoms with van der Waals surface area (Å²) in [5.74, 6) is -4.15. The summed E-state index contributed by atoms with van der Waals surface area (Å²) in [7, 11) is 0. The van der Waals surface area contributed by atoms with Gasteiger partial charge in [0.2, 0.25) is 0 Å². The predicted octanol–water partition coefficient (Wildman–Crippen LogP) is 3.69. The van der Waals surface area contributed by atoms with Gasteiger partial charge in [0.05, 0.1) is 17.4 Å². The summed E-state index contributed by atoms with van der Waals surface area (Å²) < 4.78 is 32.9. The van der Waals surface area contributed by atoms with Crippen LogP contribution >= 0.6 is 0 Å². The number of ether oxygens (including phenoxy) is 1. The number of hydrogen-bond donors (Lipinski definition) is 2. The Balaban J connectivity index is 1.47. The second kappa shape index (κ2) is 9.75. The van der Waals surface area contributed by atoms with Crippen molar-refractivity contribution in [1.82, 2.24) is 15.0 Å². The standard InChI is InChI=1S/C24H19F2N3O5/c25-19-10-9-16(13-20(19)26)34-15-7-5-14(6-8-15)22(30)18(24(32)33)11-12-29-23(31)17-3-1-2-4-21(17)27-28-29/h1-10,13,18,22,30H,11-12H2,(H,32,33)/t18-,22+/m0/s1. The number of nitrogens with zero attached hydrogens (tertiary/aromatic N) is 3. The average Bonchev–Trinajstić information content (AvgIpc) is 2.83. The van der Waals surface area contributed by atoms with E-state index >= 15 is 0 Å². The van der Waals surface area contributed by atoms with Crippen LogP contribution in [0.25, 0.3) is 10.9 Å². The lowest BCUT2D eigenvalue weighted by atomic mass is 9.93. The van der Waals surface area contributed by atoms with Crippen molar-refractivity contribution in [1.29, 1.82) is 0 Å². The molecule has 34 heavy (non-hydrogen) atoms. The Morgan fingerprint density at radius 2 is 1.71 bits per heavy atom. The van der Waals surface area contributed by atoms with E-state index in [1.54, 1.807) is 24.3 Å². The molecule has 10 heteroatoms. The molecule has 1 aromatic heterocycles. The second-order valence-electron chi connectivity index (χ2n) is 7.56. The summed E-state index contributed by atoms with van der Waals surface area (Å²) in [5, 5.41) is 28.5.